The molecule has 2 unspecified atom stereocenters. The zero-order chi connectivity index (χ0) is 15.7. The molecule has 0 radical (unpaired) electrons. The Bertz CT molecular complexity index is 583. The lowest BCUT2D eigenvalue weighted by Gasteiger charge is -2.28. The number of hydrogen-bond donors (Lipinski definition) is 1. The smallest absolute Gasteiger partial charge is 0.305 e. The summed E-state index contributed by atoms with van der Waals surface area (Å²) in [4.78, 5) is 11.2. The molecule has 0 saturated carbocycles. The average molecular weight is 344 g/mol. The number of benzene rings is 1. The van der Waals surface area contributed by atoms with Gasteiger partial charge in [0.1, 0.15) is 5.60 Å². The molecule has 2 aliphatic heterocycles. The third-order valence-corrected chi connectivity index (χ3v) is 5.34. The van der Waals surface area contributed by atoms with Gasteiger partial charge in [-0.1, -0.05) is 29.3 Å². The zero-order valence-electron chi connectivity index (χ0n) is 12.5. The van der Waals surface area contributed by atoms with Crippen LogP contribution in [0.4, 0.5) is 0 Å². The second-order valence-corrected chi connectivity index (χ2v) is 6.73. The minimum absolute atomic E-state index is 0.209. The summed E-state index contributed by atoms with van der Waals surface area (Å²) in [5, 5.41) is 4.56. The third-order valence-electron chi connectivity index (χ3n) is 4.50. The first-order valence-electron chi connectivity index (χ1n) is 7.46. The SMILES string of the molecule is COC(=O)CCCc1cc(C23CNC(CO2)C3)cc(Cl)c1Cl. The molecule has 6 heteroatoms. The van der Waals surface area contributed by atoms with Gasteiger partial charge in [-0.3, -0.25) is 4.79 Å². The highest BCUT2D eigenvalue weighted by Gasteiger charge is 2.47. The predicted octanol–water partition coefficient (Wildman–Crippen LogP) is 3.08. The van der Waals surface area contributed by atoms with E-state index in [1.165, 1.54) is 7.11 Å². The van der Waals surface area contributed by atoms with Gasteiger partial charge in [0.15, 0.2) is 0 Å². The number of methoxy groups -OCH3 is 1. The van der Waals surface area contributed by atoms with Crippen LogP contribution in [0, 0.1) is 0 Å². The number of aryl methyl sites for hydroxylation is 1. The molecule has 3 rings (SSSR count). The Hall–Kier alpha value is -0.810. The van der Waals surface area contributed by atoms with Crippen LogP contribution in [0.1, 0.15) is 30.4 Å². The van der Waals surface area contributed by atoms with E-state index in [2.05, 4.69) is 16.1 Å². The van der Waals surface area contributed by atoms with Crippen molar-refractivity contribution in [1.29, 1.82) is 0 Å². The van der Waals surface area contributed by atoms with Gasteiger partial charge >= 0.3 is 5.97 Å². The molecule has 120 valence electrons. The van der Waals surface area contributed by atoms with Gasteiger partial charge in [-0.05, 0) is 36.5 Å². The van der Waals surface area contributed by atoms with Crippen molar-refractivity contribution in [3.05, 3.63) is 33.3 Å². The molecule has 2 bridgehead atoms. The highest BCUT2D eigenvalue weighted by atomic mass is 35.5. The van der Waals surface area contributed by atoms with Gasteiger partial charge in [0, 0.05) is 19.0 Å². The first kappa shape index (κ1) is 16.1. The fourth-order valence-electron chi connectivity index (χ4n) is 3.26. The van der Waals surface area contributed by atoms with E-state index in [1.807, 2.05) is 6.07 Å². The Morgan fingerprint density at radius 1 is 1.50 bits per heavy atom. The number of fused-ring (bicyclic) bond motifs is 2. The molecule has 0 spiro atoms. The van der Waals surface area contributed by atoms with Crippen LogP contribution in [-0.2, 0) is 26.3 Å². The molecule has 22 heavy (non-hydrogen) atoms. The molecule has 0 amide bonds. The summed E-state index contributed by atoms with van der Waals surface area (Å²) in [6, 6.07) is 4.40. The normalized spacial score (nSPS) is 26.4. The van der Waals surface area contributed by atoms with Crippen LogP contribution in [0.2, 0.25) is 10.0 Å². The van der Waals surface area contributed by atoms with E-state index in [-0.39, 0.29) is 11.6 Å². The molecule has 2 heterocycles. The van der Waals surface area contributed by atoms with Gasteiger partial charge in [0.25, 0.3) is 0 Å². The highest BCUT2D eigenvalue weighted by molar-refractivity contribution is 6.42. The fourth-order valence-corrected chi connectivity index (χ4v) is 3.70. The Morgan fingerprint density at radius 3 is 2.91 bits per heavy atom. The Labute approximate surface area is 140 Å². The van der Waals surface area contributed by atoms with Crippen molar-refractivity contribution < 1.29 is 14.3 Å². The van der Waals surface area contributed by atoms with Crippen LogP contribution in [0.25, 0.3) is 0 Å². The number of rotatable bonds is 5. The molecule has 4 nitrogen and oxygen atoms in total. The van der Waals surface area contributed by atoms with Crippen LogP contribution in [0.3, 0.4) is 0 Å². The lowest BCUT2D eigenvalue weighted by Crippen LogP contribution is -2.37. The average Bonchev–Trinajstić information content (AvgIpc) is 3.13. The summed E-state index contributed by atoms with van der Waals surface area (Å²) in [6.07, 6.45) is 2.71. The van der Waals surface area contributed by atoms with Crippen molar-refractivity contribution in [3.63, 3.8) is 0 Å². The monoisotopic (exact) mass is 343 g/mol. The molecule has 0 aliphatic carbocycles. The van der Waals surface area contributed by atoms with E-state index in [9.17, 15) is 4.79 Å². The summed E-state index contributed by atoms with van der Waals surface area (Å²) in [5.41, 5.74) is 1.75. The number of morpholine rings is 1. The summed E-state index contributed by atoms with van der Waals surface area (Å²) in [5.74, 6) is -0.209. The summed E-state index contributed by atoms with van der Waals surface area (Å²) in [6.45, 7) is 1.54. The van der Waals surface area contributed by atoms with E-state index in [4.69, 9.17) is 27.9 Å². The number of carbonyl (C=O) groups is 1. The second kappa shape index (κ2) is 6.36. The Balaban J connectivity index is 1.80. The lowest BCUT2D eigenvalue weighted by molar-refractivity contribution is -0.140. The summed E-state index contributed by atoms with van der Waals surface area (Å²) < 4.78 is 10.7. The first-order valence-corrected chi connectivity index (χ1v) is 8.22. The quantitative estimate of drug-likeness (QED) is 0.834. The number of hydrogen-bond acceptors (Lipinski definition) is 4. The zero-order valence-corrected chi connectivity index (χ0v) is 14.0. The van der Waals surface area contributed by atoms with Crippen molar-refractivity contribution in [1.82, 2.24) is 5.32 Å². The number of esters is 1. The van der Waals surface area contributed by atoms with Gasteiger partial charge in [-0.2, -0.15) is 0 Å². The minimum Gasteiger partial charge on any atom is -0.469 e. The third kappa shape index (κ3) is 2.98. The number of halogens is 2. The van der Waals surface area contributed by atoms with Crippen LogP contribution >= 0.6 is 23.2 Å². The lowest BCUT2D eigenvalue weighted by atomic mass is 9.90. The molecule has 2 fully saturated rings. The molecular weight excluding hydrogens is 325 g/mol. The van der Waals surface area contributed by atoms with Crippen molar-refractivity contribution in [2.24, 2.45) is 0 Å². The van der Waals surface area contributed by atoms with Crippen molar-refractivity contribution in [3.8, 4) is 0 Å². The van der Waals surface area contributed by atoms with Crippen molar-refractivity contribution in [2.45, 2.75) is 37.3 Å². The van der Waals surface area contributed by atoms with Crippen LogP contribution in [-0.4, -0.2) is 32.3 Å². The predicted molar refractivity (Wildman–Crippen MR) is 85.5 cm³/mol. The number of ether oxygens (including phenoxy) is 2. The molecule has 2 aliphatic rings. The van der Waals surface area contributed by atoms with Gasteiger partial charge in [0.2, 0.25) is 0 Å². The van der Waals surface area contributed by atoms with E-state index >= 15 is 0 Å². The largest absolute Gasteiger partial charge is 0.469 e. The van der Waals surface area contributed by atoms with Crippen molar-refractivity contribution >= 4 is 29.2 Å². The van der Waals surface area contributed by atoms with Gasteiger partial charge < -0.3 is 14.8 Å². The molecule has 0 aromatic heterocycles. The van der Waals surface area contributed by atoms with Crippen LogP contribution in [0.15, 0.2) is 12.1 Å². The first-order chi connectivity index (χ1) is 10.5. The van der Waals surface area contributed by atoms with E-state index in [0.29, 0.717) is 35.3 Å². The molecular formula is C16H19Cl2NO3. The standard InChI is InChI=1S/C16H19Cl2NO3/c1-21-14(20)4-2-3-10-5-11(6-13(17)15(10)18)16-7-12(8-22-16)19-9-16/h5-6,12,19H,2-4,7-9H2,1H3. The molecule has 2 saturated heterocycles. The molecule has 1 aromatic rings. The van der Waals surface area contributed by atoms with Crippen LogP contribution in [0.5, 0.6) is 0 Å². The maximum absolute atomic E-state index is 11.2. The number of carbonyl (C=O) groups excluding carboxylic acids is 1. The van der Waals surface area contributed by atoms with E-state index in [1.54, 1.807) is 0 Å². The van der Waals surface area contributed by atoms with Crippen LogP contribution < -0.4 is 5.32 Å². The topological polar surface area (TPSA) is 47.6 Å². The second-order valence-electron chi connectivity index (χ2n) is 5.95. The minimum atomic E-state index is -0.282. The van der Waals surface area contributed by atoms with E-state index in [0.717, 1.165) is 30.7 Å². The van der Waals surface area contributed by atoms with Gasteiger partial charge in [-0.15, -0.1) is 0 Å². The Kier molecular flexibility index (Phi) is 4.64. The van der Waals surface area contributed by atoms with Gasteiger partial charge in [-0.25, -0.2) is 0 Å². The number of nitrogens with one attached hydrogen (secondary N) is 1. The molecule has 1 aromatic carbocycles. The molecule has 1 N–H and O–H groups in total. The fraction of sp³-hybridized carbons (Fsp3) is 0.562. The maximum Gasteiger partial charge on any atom is 0.305 e. The van der Waals surface area contributed by atoms with E-state index < -0.39 is 0 Å². The highest BCUT2D eigenvalue weighted by Crippen LogP contribution is 2.43. The Morgan fingerprint density at radius 2 is 2.32 bits per heavy atom. The summed E-state index contributed by atoms with van der Waals surface area (Å²) >= 11 is 12.6. The van der Waals surface area contributed by atoms with Gasteiger partial charge in [0.05, 0.1) is 23.8 Å². The summed E-state index contributed by atoms with van der Waals surface area (Å²) in [7, 11) is 1.40. The maximum atomic E-state index is 11.2. The molecule has 2 atom stereocenters. The van der Waals surface area contributed by atoms with Crippen molar-refractivity contribution in [2.75, 3.05) is 20.3 Å².